The zero-order chi connectivity index (χ0) is 27.0. The lowest BCUT2D eigenvalue weighted by molar-refractivity contribution is -0.154. The van der Waals surface area contributed by atoms with Gasteiger partial charge in [-0.15, -0.1) is 0 Å². The first-order valence-electron chi connectivity index (χ1n) is 11.0. The van der Waals surface area contributed by atoms with Crippen molar-refractivity contribution < 1.29 is 23.5 Å². The normalized spacial score (nSPS) is 17.6. The summed E-state index contributed by atoms with van der Waals surface area (Å²) in [5, 5.41) is 20.8. The fraction of sp³-hybridized carbons (Fsp3) is 0.292. The van der Waals surface area contributed by atoms with Gasteiger partial charge in [-0.3, -0.25) is 30.1 Å². The third-order valence-electron chi connectivity index (χ3n) is 5.27. The molecule has 1 aromatic rings. The van der Waals surface area contributed by atoms with Crippen LogP contribution in [0.25, 0.3) is 0 Å². The van der Waals surface area contributed by atoms with E-state index >= 15 is 0 Å². The van der Waals surface area contributed by atoms with Gasteiger partial charge in [-0.2, -0.15) is 0 Å². The molecule has 188 valence electrons. The molecule has 0 aliphatic carbocycles. The fourth-order valence-electron chi connectivity index (χ4n) is 3.24. The van der Waals surface area contributed by atoms with Gasteiger partial charge in [-0.25, -0.2) is 4.39 Å². The molecule has 1 aromatic carbocycles. The van der Waals surface area contributed by atoms with E-state index in [2.05, 4.69) is 10.6 Å². The highest BCUT2D eigenvalue weighted by Crippen LogP contribution is 2.20. The van der Waals surface area contributed by atoms with Crippen molar-refractivity contribution in [3.05, 3.63) is 59.7 Å². The maximum atomic E-state index is 14.7. The molecule has 36 heavy (non-hydrogen) atoms. The number of hydrogen-bond acceptors (Lipinski definition) is 7. The van der Waals surface area contributed by atoms with Crippen molar-refractivity contribution in [1.82, 2.24) is 10.2 Å². The number of allylic oxidation sites excluding steroid dienone is 3. The van der Waals surface area contributed by atoms with Crippen molar-refractivity contribution in [3.63, 3.8) is 0 Å². The quantitative estimate of drug-likeness (QED) is 0.113. The van der Waals surface area contributed by atoms with Gasteiger partial charge in [0.2, 0.25) is 5.91 Å². The predicted octanol–water partition coefficient (Wildman–Crippen LogP) is 0.993. The zero-order valence-corrected chi connectivity index (χ0v) is 20.2. The van der Waals surface area contributed by atoms with Crippen LogP contribution < -0.4 is 21.8 Å². The molecule has 1 aliphatic rings. The maximum absolute atomic E-state index is 14.7. The predicted molar refractivity (Wildman–Crippen MR) is 136 cm³/mol. The van der Waals surface area contributed by atoms with Crippen LogP contribution in [-0.2, 0) is 19.1 Å². The van der Waals surface area contributed by atoms with Crippen LogP contribution in [0.5, 0.6) is 0 Å². The number of halogens is 1. The molecule has 6 N–H and O–H groups in total. The number of ketones is 1. The number of amidine groups is 2. The number of nitrogen functional groups attached to an aromatic ring is 1. The topological polar surface area (TPSA) is 161 Å². The van der Waals surface area contributed by atoms with Crippen LogP contribution in [0, 0.1) is 16.7 Å². The van der Waals surface area contributed by atoms with Crippen LogP contribution in [0.2, 0.25) is 0 Å². The number of carbonyl (C=O) groups excluding carboxylic acids is 3. The summed E-state index contributed by atoms with van der Waals surface area (Å²) in [6, 6.07) is 4.44. The van der Waals surface area contributed by atoms with Gasteiger partial charge in [0.15, 0.2) is 17.4 Å². The molecular formula is C24H28BFN6O4. The molecule has 0 saturated carbocycles. The lowest BCUT2D eigenvalue weighted by Gasteiger charge is -2.34. The largest absolute Gasteiger partial charge is 0.384 e. The van der Waals surface area contributed by atoms with Crippen molar-refractivity contribution in [3.8, 4) is 0 Å². The smallest absolute Gasteiger partial charge is 0.258 e. The van der Waals surface area contributed by atoms with Crippen molar-refractivity contribution in [2.45, 2.75) is 26.9 Å². The Bertz CT molecular complexity index is 1160. The monoisotopic (exact) mass is 494 g/mol. The van der Waals surface area contributed by atoms with Crippen molar-refractivity contribution in [2.24, 2.45) is 11.7 Å². The Kier molecular flexibility index (Phi) is 9.86. The molecule has 12 heteroatoms. The van der Waals surface area contributed by atoms with Crippen molar-refractivity contribution in [2.75, 3.05) is 18.5 Å². The molecule has 0 bridgehead atoms. The lowest BCUT2D eigenvalue weighted by atomic mass is 9.89. The molecule has 2 atom stereocenters. The second kappa shape index (κ2) is 12.6. The number of hydrogen-bond donors (Lipinski definition) is 5. The summed E-state index contributed by atoms with van der Waals surface area (Å²) < 4.78 is 20.1. The summed E-state index contributed by atoms with van der Waals surface area (Å²) in [5.74, 6) is -4.36. The Morgan fingerprint density at radius 3 is 2.61 bits per heavy atom. The number of rotatable bonds is 9. The van der Waals surface area contributed by atoms with Gasteiger partial charge in [0.05, 0.1) is 19.1 Å². The SMILES string of the molecule is [B]c1cc(NC(=O)C(C)C2OCCN(C(=N)/C(F)=C\NC(/C=C\C(C)=O)=C/C)C2=O)ccc1C(=N)N. The fourth-order valence-corrected chi connectivity index (χ4v) is 3.24. The van der Waals surface area contributed by atoms with E-state index in [0.29, 0.717) is 16.9 Å². The van der Waals surface area contributed by atoms with Gasteiger partial charge < -0.3 is 21.1 Å². The van der Waals surface area contributed by atoms with Crippen LogP contribution in [0.3, 0.4) is 0 Å². The third-order valence-corrected chi connectivity index (χ3v) is 5.27. The maximum Gasteiger partial charge on any atom is 0.258 e. The number of nitrogens with zero attached hydrogens (tertiary/aromatic N) is 1. The van der Waals surface area contributed by atoms with E-state index in [1.165, 1.54) is 44.2 Å². The summed E-state index contributed by atoms with van der Waals surface area (Å²) in [7, 11) is 5.85. The number of ether oxygens (including phenoxy) is 1. The number of morpholine rings is 1. The van der Waals surface area contributed by atoms with Crippen LogP contribution in [-0.4, -0.2) is 61.3 Å². The number of nitrogens with two attached hydrogens (primary N) is 1. The average molecular weight is 494 g/mol. The molecule has 0 aromatic heterocycles. The first-order chi connectivity index (χ1) is 17.0. The lowest BCUT2D eigenvalue weighted by Crippen LogP contribution is -2.54. The van der Waals surface area contributed by atoms with Gasteiger partial charge in [-0.1, -0.05) is 18.5 Å². The minimum atomic E-state index is -1.24. The highest BCUT2D eigenvalue weighted by atomic mass is 19.1. The summed E-state index contributed by atoms with van der Waals surface area (Å²) in [5.41, 5.74) is 6.71. The molecule has 1 aliphatic heterocycles. The van der Waals surface area contributed by atoms with E-state index in [9.17, 15) is 18.8 Å². The van der Waals surface area contributed by atoms with Gasteiger partial charge in [0.1, 0.15) is 19.8 Å². The standard InChI is InChI=1S/C24H28BFN6O4/c1-4-15(6-5-13(2)33)30-12-19(26)22(29)32-9-10-36-20(24(32)35)14(3)23(34)31-16-7-8-17(21(27)28)18(25)11-16/h4-8,11-12,14,20,29-30H,9-10H2,1-3H3,(H3,27,28)(H,31,34)/b6-5-,15-4+,19-12+,29-22?. The first kappa shape index (κ1) is 28.2. The van der Waals surface area contributed by atoms with Crippen LogP contribution >= 0.6 is 0 Å². The Balaban J connectivity index is 2.08. The van der Waals surface area contributed by atoms with Gasteiger partial charge in [0, 0.05) is 23.1 Å². The van der Waals surface area contributed by atoms with Crippen molar-refractivity contribution >= 4 is 48.3 Å². The molecule has 1 saturated heterocycles. The highest BCUT2D eigenvalue weighted by molar-refractivity contribution is 6.37. The van der Waals surface area contributed by atoms with Gasteiger partial charge >= 0.3 is 0 Å². The second-order valence-electron chi connectivity index (χ2n) is 7.95. The molecule has 1 fully saturated rings. The van der Waals surface area contributed by atoms with Crippen LogP contribution in [0.1, 0.15) is 26.3 Å². The molecule has 10 nitrogen and oxygen atoms in total. The van der Waals surface area contributed by atoms with E-state index in [1.54, 1.807) is 13.0 Å². The number of carbonyl (C=O) groups is 3. The molecule has 2 rings (SSSR count). The molecule has 2 unspecified atom stereocenters. The summed E-state index contributed by atoms with van der Waals surface area (Å²) in [6.07, 6.45) is 4.02. The molecule has 1 heterocycles. The third kappa shape index (κ3) is 7.22. The Hall–Kier alpha value is -4.06. The van der Waals surface area contributed by atoms with E-state index < -0.39 is 35.5 Å². The van der Waals surface area contributed by atoms with Gasteiger partial charge in [-0.05, 0) is 44.2 Å². The minimum absolute atomic E-state index is 0.00116. The minimum Gasteiger partial charge on any atom is -0.384 e. The Morgan fingerprint density at radius 2 is 2.03 bits per heavy atom. The van der Waals surface area contributed by atoms with Gasteiger partial charge in [0.25, 0.3) is 5.91 Å². The number of amides is 2. The average Bonchev–Trinajstić information content (AvgIpc) is 2.82. The zero-order valence-electron chi connectivity index (χ0n) is 20.2. The Labute approximate surface area is 209 Å². The van der Waals surface area contributed by atoms with E-state index in [4.69, 9.17) is 29.1 Å². The molecular weight excluding hydrogens is 466 g/mol. The summed E-state index contributed by atoms with van der Waals surface area (Å²) >= 11 is 0. The molecule has 0 spiro atoms. The molecule has 2 amide bonds. The summed E-state index contributed by atoms with van der Waals surface area (Å²) in [4.78, 5) is 37.7. The van der Waals surface area contributed by atoms with Crippen LogP contribution in [0.15, 0.2) is 54.2 Å². The Morgan fingerprint density at radius 1 is 1.33 bits per heavy atom. The first-order valence-corrected chi connectivity index (χ1v) is 11.0. The van der Waals surface area contributed by atoms with E-state index in [0.717, 1.165) is 11.1 Å². The second-order valence-corrected chi connectivity index (χ2v) is 7.95. The summed E-state index contributed by atoms with van der Waals surface area (Å²) in [6.45, 7) is 4.47. The van der Waals surface area contributed by atoms with Crippen molar-refractivity contribution in [1.29, 1.82) is 10.8 Å². The number of anilines is 1. The number of nitrogens with one attached hydrogen (secondary N) is 4. The number of benzene rings is 1. The molecule has 2 radical (unpaired) electrons. The van der Waals surface area contributed by atoms with E-state index in [1.807, 2.05) is 0 Å². The highest BCUT2D eigenvalue weighted by Gasteiger charge is 2.39. The van der Waals surface area contributed by atoms with E-state index in [-0.39, 0.29) is 30.2 Å². The van der Waals surface area contributed by atoms with Crippen LogP contribution in [0.4, 0.5) is 10.1 Å².